The van der Waals surface area contributed by atoms with E-state index in [9.17, 15) is 0 Å². The lowest BCUT2D eigenvalue weighted by Crippen LogP contribution is -2.35. The van der Waals surface area contributed by atoms with Gasteiger partial charge < -0.3 is 10.1 Å². The van der Waals surface area contributed by atoms with Gasteiger partial charge in [-0.1, -0.05) is 0 Å². The summed E-state index contributed by atoms with van der Waals surface area (Å²) in [5, 5.41) is 4.45. The van der Waals surface area contributed by atoms with Gasteiger partial charge in [0.15, 0.2) is 0 Å². The van der Waals surface area contributed by atoms with E-state index in [0.29, 0.717) is 12.7 Å². The summed E-state index contributed by atoms with van der Waals surface area (Å²) >= 11 is 1.75. The fraction of sp³-hybridized carbons (Fsp3) is 0.727. The molecule has 2 heterocycles. The molecule has 1 aliphatic rings. The van der Waals surface area contributed by atoms with Crippen molar-refractivity contribution in [2.75, 3.05) is 13.1 Å². The van der Waals surface area contributed by atoms with E-state index in [1.807, 2.05) is 0 Å². The molecule has 1 aliphatic heterocycles. The third kappa shape index (κ3) is 3.00. The summed E-state index contributed by atoms with van der Waals surface area (Å²) in [4.78, 5) is 5.77. The molecule has 1 aromatic heterocycles. The molecule has 84 valence electrons. The van der Waals surface area contributed by atoms with Gasteiger partial charge in [-0.15, -0.1) is 11.3 Å². The number of nitrogens with zero attached hydrogens (tertiary/aromatic N) is 1. The number of nitrogens with one attached hydrogen (secondary N) is 1. The highest BCUT2D eigenvalue weighted by Gasteiger charge is 2.14. The molecule has 1 unspecified atom stereocenters. The van der Waals surface area contributed by atoms with Gasteiger partial charge in [0.05, 0.1) is 18.4 Å². The van der Waals surface area contributed by atoms with E-state index in [4.69, 9.17) is 4.74 Å². The minimum absolute atomic E-state index is 0.378. The van der Waals surface area contributed by atoms with E-state index in [2.05, 4.69) is 24.1 Å². The second-order valence-corrected chi connectivity index (χ2v) is 5.32. The van der Waals surface area contributed by atoms with E-state index in [1.165, 1.54) is 17.7 Å². The number of hydrogen-bond donors (Lipinski definition) is 1. The minimum atomic E-state index is 0.378. The molecule has 1 atom stereocenters. The molecular formula is C11H18N2OS. The van der Waals surface area contributed by atoms with E-state index in [1.54, 1.807) is 11.3 Å². The summed E-state index contributed by atoms with van der Waals surface area (Å²) in [6, 6.07) is 0. The predicted molar refractivity (Wildman–Crippen MR) is 62.3 cm³/mol. The SMILES string of the molecule is Cc1nc(COC2CCCNC2)sc1C. The van der Waals surface area contributed by atoms with E-state index in [-0.39, 0.29) is 0 Å². The number of ether oxygens (including phenoxy) is 1. The average molecular weight is 226 g/mol. The maximum atomic E-state index is 5.82. The molecule has 0 amide bonds. The quantitative estimate of drug-likeness (QED) is 0.856. The van der Waals surface area contributed by atoms with Crippen LogP contribution >= 0.6 is 11.3 Å². The van der Waals surface area contributed by atoms with E-state index >= 15 is 0 Å². The van der Waals surface area contributed by atoms with Gasteiger partial charge in [0, 0.05) is 11.4 Å². The normalized spacial score (nSPS) is 21.9. The fourth-order valence-corrected chi connectivity index (χ4v) is 2.61. The molecule has 4 heteroatoms. The van der Waals surface area contributed by atoms with Crippen LogP contribution in [0, 0.1) is 13.8 Å². The van der Waals surface area contributed by atoms with Crippen molar-refractivity contribution >= 4 is 11.3 Å². The van der Waals surface area contributed by atoms with Crippen molar-refractivity contribution in [3.05, 3.63) is 15.6 Å². The Bertz CT molecular complexity index is 299. The fourth-order valence-electron chi connectivity index (χ4n) is 1.75. The largest absolute Gasteiger partial charge is 0.370 e. The van der Waals surface area contributed by atoms with Crippen LogP contribution in [0.5, 0.6) is 0 Å². The Morgan fingerprint density at radius 3 is 3.00 bits per heavy atom. The third-order valence-electron chi connectivity index (χ3n) is 2.77. The Hall–Kier alpha value is -0.450. The molecule has 3 nitrogen and oxygen atoms in total. The number of aromatic nitrogens is 1. The first kappa shape index (κ1) is 11.0. The zero-order valence-corrected chi connectivity index (χ0v) is 10.2. The Kier molecular flexibility index (Phi) is 3.72. The van der Waals surface area contributed by atoms with Crippen LogP contribution in [-0.4, -0.2) is 24.2 Å². The minimum Gasteiger partial charge on any atom is -0.370 e. The zero-order valence-electron chi connectivity index (χ0n) is 9.38. The molecular weight excluding hydrogens is 208 g/mol. The zero-order chi connectivity index (χ0) is 10.7. The van der Waals surface area contributed by atoms with Gasteiger partial charge in [-0.05, 0) is 33.2 Å². The molecule has 15 heavy (non-hydrogen) atoms. The molecule has 1 aromatic rings. The number of thiazole rings is 1. The first-order valence-electron chi connectivity index (χ1n) is 5.51. The van der Waals surface area contributed by atoms with Crippen molar-refractivity contribution in [1.82, 2.24) is 10.3 Å². The standard InChI is InChI=1S/C11H18N2OS/c1-8-9(2)15-11(13-8)7-14-10-4-3-5-12-6-10/h10,12H,3-7H2,1-2H3. The van der Waals surface area contributed by atoms with Gasteiger partial charge in [-0.2, -0.15) is 0 Å². The van der Waals surface area contributed by atoms with Gasteiger partial charge in [0.2, 0.25) is 0 Å². The summed E-state index contributed by atoms with van der Waals surface area (Å²) < 4.78 is 5.82. The van der Waals surface area contributed by atoms with Crippen LogP contribution in [0.15, 0.2) is 0 Å². The molecule has 0 saturated carbocycles. The van der Waals surface area contributed by atoms with Crippen LogP contribution in [-0.2, 0) is 11.3 Å². The van der Waals surface area contributed by atoms with Crippen molar-refractivity contribution in [1.29, 1.82) is 0 Å². The molecule has 1 fully saturated rings. The number of rotatable bonds is 3. The maximum Gasteiger partial charge on any atom is 0.119 e. The van der Waals surface area contributed by atoms with Crippen LogP contribution < -0.4 is 5.32 Å². The Balaban J connectivity index is 1.81. The van der Waals surface area contributed by atoms with Gasteiger partial charge in [-0.25, -0.2) is 4.98 Å². The number of aryl methyl sites for hydroxylation is 2. The maximum absolute atomic E-state index is 5.82. The summed E-state index contributed by atoms with van der Waals surface area (Å²) in [5.41, 5.74) is 1.14. The Morgan fingerprint density at radius 1 is 1.53 bits per heavy atom. The first-order valence-corrected chi connectivity index (χ1v) is 6.32. The van der Waals surface area contributed by atoms with Crippen molar-refractivity contribution < 1.29 is 4.74 Å². The molecule has 0 bridgehead atoms. The summed E-state index contributed by atoms with van der Waals surface area (Å²) in [7, 11) is 0. The van der Waals surface area contributed by atoms with Gasteiger partial charge in [0.1, 0.15) is 5.01 Å². The van der Waals surface area contributed by atoms with Crippen LogP contribution in [0.2, 0.25) is 0 Å². The van der Waals surface area contributed by atoms with Crippen molar-refractivity contribution in [3.63, 3.8) is 0 Å². The number of hydrogen-bond acceptors (Lipinski definition) is 4. The smallest absolute Gasteiger partial charge is 0.119 e. The van der Waals surface area contributed by atoms with Crippen LogP contribution in [0.3, 0.4) is 0 Å². The predicted octanol–water partition coefficient (Wildman–Crippen LogP) is 2.03. The Morgan fingerprint density at radius 2 is 2.40 bits per heavy atom. The molecule has 1 saturated heterocycles. The molecule has 1 N–H and O–H groups in total. The highest BCUT2D eigenvalue weighted by atomic mass is 32.1. The van der Waals surface area contributed by atoms with Gasteiger partial charge >= 0.3 is 0 Å². The van der Waals surface area contributed by atoms with Crippen LogP contribution in [0.1, 0.15) is 28.4 Å². The molecule has 2 rings (SSSR count). The van der Waals surface area contributed by atoms with E-state index in [0.717, 1.165) is 23.8 Å². The van der Waals surface area contributed by atoms with E-state index < -0.39 is 0 Å². The molecule has 0 aliphatic carbocycles. The van der Waals surface area contributed by atoms with Crippen molar-refractivity contribution in [2.45, 2.75) is 39.4 Å². The lowest BCUT2D eigenvalue weighted by atomic mass is 10.1. The molecule has 0 spiro atoms. The van der Waals surface area contributed by atoms with Gasteiger partial charge in [0.25, 0.3) is 0 Å². The lowest BCUT2D eigenvalue weighted by molar-refractivity contribution is 0.0252. The average Bonchev–Trinajstić information content (AvgIpc) is 2.57. The topological polar surface area (TPSA) is 34.1 Å². The number of piperidine rings is 1. The second kappa shape index (κ2) is 5.05. The highest BCUT2D eigenvalue weighted by molar-refractivity contribution is 7.11. The van der Waals surface area contributed by atoms with Gasteiger partial charge in [-0.3, -0.25) is 0 Å². The summed E-state index contributed by atoms with van der Waals surface area (Å²) in [6.07, 6.45) is 2.78. The second-order valence-electron chi connectivity index (χ2n) is 4.03. The summed E-state index contributed by atoms with van der Waals surface area (Å²) in [6.45, 7) is 6.96. The molecule has 0 radical (unpaired) electrons. The molecule has 0 aromatic carbocycles. The third-order valence-corrected chi connectivity index (χ3v) is 3.81. The van der Waals surface area contributed by atoms with Crippen LogP contribution in [0.25, 0.3) is 0 Å². The Labute approximate surface area is 94.9 Å². The van der Waals surface area contributed by atoms with Crippen molar-refractivity contribution in [3.8, 4) is 0 Å². The lowest BCUT2D eigenvalue weighted by Gasteiger charge is -2.22. The van der Waals surface area contributed by atoms with Crippen molar-refractivity contribution in [2.24, 2.45) is 0 Å². The summed E-state index contributed by atoms with van der Waals surface area (Å²) in [5.74, 6) is 0. The monoisotopic (exact) mass is 226 g/mol. The van der Waals surface area contributed by atoms with Crippen LogP contribution in [0.4, 0.5) is 0 Å². The first-order chi connectivity index (χ1) is 7.25. The highest BCUT2D eigenvalue weighted by Crippen LogP contribution is 2.18.